The number of aromatic nitrogens is 1. The van der Waals surface area contributed by atoms with Crippen LogP contribution in [0.5, 0.6) is 0 Å². The van der Waals surface area contributed by atoms with Crippen LogP contribution in [0.15, 0.2) is 12.1 Å². The second-order valence-electron chi connectivity index (χ2n) is 5.59. The van der Waals surface area contributed by atoms with E-state index in [0.717, 1.165) is 60.1 Å². The monoisotopic (exact) mass is 268 g/mol. The zero-order valence-electron chi connectivity index (χ0n) is 12.4. The molecule has 1 aliphatic heterocycles. The van der Waals surface area contributed by atoms with E-state index in [1.807, 2.05) is 6.07 Å². The van der Waals surface area contributed by atoms with Gasteiger partial charge in [-0.15, -0.1) is 0 Å². The summed E-state index contributed by atoms with van der Waals surface area (Å²) in [6, 6.07) is 4.12. The Hall–Kier alpha value is -1.74. The van der Waals surface area contributed by atoms with Crippen molar-refractivity contribution in [2.45, 2.75) is 33.7 Å². The van der Waals surface area contributed by atoms with Crippen LogP contribution < -0.4 is 0 Å². The molecule has 0 fully saturated rings. The molecule has 1 aromatic heterocycles. The Kier molecular flexibility index (Phi) is 3.30. The number of benzene rings is 1. The molecular formula is C17H20N2O. The molecule has 0 bridgehead atoms. The summed E-state index contributed by atoms with van der Waals surface area (Å²) in [5.74, 6) is 0. The Morgan fingerprint density at radius 2 is 2.15 bits per heavy atom. The van der Waals surface area contributed by atoms with E-state index in [9.17, 15) is 4.79 Å². The van der Waals surface area contributed by atoms with Crippen molar-refractivity contribution in [1.82, 2.24) is 9.88 Å². The summed E-state index contributed by atoms with van der Waals surface area (Å²) in [6.07, 6.45) is 1.95. The molecule has 20 heavy (non-hydrogen) atoms. The largest absolute Gasteiger partial charge is 0.299 e. The van der Waals surface area contributed by atoms with Gasteiger partial charge in [0.15, 0.2) is 6.29 Å². The van der Waals surface area contributed by atoms with E-state index < -0.39 is 0 Å². The van der Waals surface area contributed by atoms with Crippen molar-refractivity contribution in [3.05, 3.63) is 40.1 Å². The maximum absolute atomic E-state index is 11.6. The first-order valence-corrected chi connectivity index (χ1v) is 7.25. The number of hydrogen-bond acceptors (Lipinski definition) is 3. The molecule has 3 heteroatoms. The van der Waals surface area contributed by atoms with E-state index in [-0.39, 0.29) is 0 Å². The number of aryl methyl sites for hydroxylation is 2. The van der Waals surface area contributed by atoms with Crippen LogP contribution in [0.3, 0.4) is 0 Å². The van der Waals surface area contributed by atoms with E-state index in [1.165, 1.54) is 11.1 Å². The predicted molar refractivity (Wildman–Crippen MR) is 81.3 cm³/mol. The van der Waals surface area contributed by atoms with Gasteiger partial charge in [0.05, 0.1) is 5.52 Å². The molecular weight excluding hydrogens is 248 g/mol. The summed E-state index contributed by atoms with van der Waals surface area (Å²) in [5.41, 5.74) is 6.49. The molecule has 0 unspecified atom stereocenters. The van der Waals surface area contributed by atoms with Crippen molar-refractivity contribution in [3.8, 4) is 0 Å². The number of aldehydes is 1. The zero-order valence-corrected chi connectivity index (χ0v) is 12.4. The Labute approximate surface area is 119 Å². The summed E-state index contributed by atoms with van der Waals surface area (Å²) in [5, 5.41) is 1.000. The van der Waals surface area contributed by atoms with Gasteiger partial charge in [-0.3, -0.25) is 14.7 Å². The summed E-state index contributed by atoms with van der Waals surface area (Å²) in [4.78, 5) is 18.9. The maximum atomic E-state index is 11.6. The highest BCUT2D eigenvalue weighted by Gasteiger charge is 2.22. The van der Waals surface area contributed by atoms with Crippen molar-refractivity contribution in [3.63, 3.8) is 0 Å². The smallest absolute Gasteiger partial charge is 0.151 e. The number of pyridine rings is 1. The van der Waals surface area contributed by atoms with Crippen LogP contribution in [-0.2, 0) is 13.0 Å². The lowest BCUT2D eigenvalue weighted by atomic mass is 9.94. The Morgan fingerprint density at radius 1 is 1.35 bits per heavy atom. The standard InChI is InChI=1S/C17H20N2O/c1-4-19-8-7-16-14(9-19)15(10-20)13-6-5-11(2)12(3)17(13)18-16/h5-6,10H,4,7-9H2,1-3H3. The molecule has 0 saturated heterocycles. The summed E-state index contributed by atoms with van der Waals surface area (Å²) < 4.78 is 0. The molecule has 3 rings (SSSR count). The lowest BCUT2D eigenvalue weighted by molar-refractivity contribution is 0.112. The average molecular weight is 268 g/mol. The van der Waals surface area contributed by atoms with E-state index in [0.29, 0.717) is 0 Å². The summed E-state index contributed by atoms with van der Waals surface area (Å²) >= 11 is 0. The molecule has 1 aliphatic rings. The third-order valence-electron chi connectivity index (χ3n) is 4.52. The molecule has 0 N–H and O–H groups in total. The van der Waals surface area contributed by atoms with Gasteiger partial charge >= 0.3 is 0 Å². The minimum absolute atomic E-state index is 0.839. The number of carbonyl (C=O) groups is 1. The normalized spacial score (nSPS) is 15.3. The first-order chi connectivity index (χ1) is 9.65. The molecule has 3 nitrogen and oxygen atoms in total. The third kappa shape index (κ3) is 1.93. The predicted octanol–water partition coefficient (Wildman–Crippen LogP) is 3.04. The van der Waals surface area contributed by atoms with Crippen molar-refractivity contribution in [2.24, 2.45) is 0 Å². The molecule has 2 heterocycles. The van der Waals surface area contributed by atoms with Crippen LogP contribution in [0, 0.1) is 13.8 Å². The highest BCUT2D eigenvalue weighted by atomic mass is 16.1. The van der Waals surface area contributed by atoms with Gasteiger partial charge in [0, 0.05) is 36.2 Å². The number of rotatable bonds is 2. The second kappa shape index (κ2) is 4.98. The first-order valence-electron chi connectivity index (χ1n) is 7.25. The van der Waals surface area contributed by atoms with Gasteiger partial charge in [-0.05, 0) is 37.1 Å². The lowest BCUT2D eigenvalue weighted by Gasteiger charge is -2.28. The van der Waals surface area contributed by atoms with E-state index in [4.69, 9.17) is 4.98 Å². The molecule has 2 aromatic rings. The Balaban J connectivity index is 2.30. The molecule has 0 aliphatic carbocycles. The SMILES string of the molecule is CCN1CCc2nc3c(C)c(C)ccc3c(C=O)c2C1. The minimum Gasteiger partial charge on any atom is -0.299 e. The van der Waals surface area contributed by atoms with Gasteiger partial charge in [-0.2, -0.15) is 0 Å². The maximum Gasteiger partial charge on any atom is 0.151 e. The van der Waals surface area contributed by atoms with E-state index >= 15 is 0 Å². The Bertz CT molecular complexity index is 691. The van der Waals surface area contributed by atoms with Crippen molar-refractivity contribution >= 4 is 17.2 Å². The topological polar surface area (TPSA) is 33.2 Å². The van der Waals surface area contributed by atoms with Crippen LogP contribution in [0.1, 0.15) is 39.7 Å². The fraction of sp³-hybridized carbons (Fsp3) is 0.412. The van der Waals surface area contributed by atoms with Crippen molar-refractivity contribution in [1.29, 1.82) is 0 Å². The molecule has 0 spiro atoms. The van der Waals surface area contributed by atoms with Crippen LogP contribution in [-0.4, -0.2) is 29.3 Å². The highest BCUT2D eigenvalue weighted by molar-refractivity contribution is 5.99. The van der Waals surface area contributed by atoms with Gasteiger partial charge in [0.2, 0.25) is 0 Å². The van der Waals surface area contributed by atoms with Crippen molar-refractivity contribution < 1.29 is 4.79 Å². The number of hydrogen-bond donors (Lipinski definition) is 0. The molecule has 0 saturated carbocycles. The third-order valence-corrected chi connectivity index (χ3v) is 4.52. The fourth-order valence-corrected chi connectivity index (χ4v) is 3.04. The van der Waals surface area contributed by atoms with Crippen LogP contribution in [0.2, 0.25) is 0 Å². The zero-order chi connectivity index (χ0) is 14.3. The van der Waals surface area contributed by atoms with Gasteiger partial charge in [-0.25, -0.2) is 0 Å². The van der Waals surface area contributed by atoms with Gasteiger partial charge < -0.3 is 0 Å². The molecule has 0 amide bonds. The number of nitrogens with zero attached hydrogens (tertiary/aromatic N) is 2. The Morgan fingerprint density at radius 3 is 2.85 bits per heavy atom. The van der Waals surface area contributed by atoms with Crippen LogP contribution >= 0.6 is 0 Å². The van der Waals surface area contributed by atoms with Crippen LogP contribution in [0.25, 0.3) is 10.9 Å². The van der Waals surface area contributed by atoms with Gasteiger partial charge in [-0.1, -0.05) is 19.1 Å². The fourth-order valence-electron chi connectivity index (χ4n) is 3.04. The first kappa shape index (κ1) is 13.3. The van der Waals surface area contributed by atoms with Crippen LogP contribution in [0.4, 0.5) is 0 Å². The molecule has 1 aromatic carbocycles. The van der Waals surface area contributed by atoms with Crippen molar-refractivity contribution in [2.75, 3.05) is 13.1 Å². The highest BCUT2D eigenvalue weighted by Crippen LogP contribution is 2.29. The number of carbonyl (C=O) groups excluding carboxylic acids is 1. The van der Waals surface area contributed by atoms with E-state index in [1.54, 1.807) is 0 Å². The lowest BCUT2D eigenvalue weighted by Crippen LogP contribution is -2.31. The minimum atomic E-state index is 0.839. The second-order valence-corrected chi connectivity index (χ2v) is 5.59. The van der Waals surface area contributed by atoms with Gasteiger partial charge in [0.1, 0.15) is 0 Å². The van der Waals surface area contributed by atoms with E-state index in [2.05, 4.69) is 31.7 Å². The summed E-state index contributed by atoms with van der Waals surface area (Å²) in [7, 11) is 0. The molecule has 0 radical (unpaired) electrons. The summed E-state index contributed by atoms with van der Waals surface area (Å²) in [6.45, 7) is 9.24. The quantitative estimate of drug-likeness (QED) is 0.785. The average Bonchev–Trinajstić information content (AvgIpc) is 2.48. The molecule has 104 valence electrons. The molecule has 0 atom stereocenters. The number of likely N-dealkylation sites (N-methyl/N-ethyl adjacent to an activating group) is 1. The number of fused-ring (bicyclic) bond motifs is 2. The van der Waals surface area contributed by atoms with Gasteiger partial charge in [0.25, 0.3) is 0 Å².